The van der Waals surface area contributed by atoms with Gasteiger partial charge in [-0.05, 0) is 12.1 Å². The van der Waals surface area contributed by atoms with Crippen molar-refractivity contribution in [1.82, 2.24) is 0 Å². The van der Waals surface area contributed by atoms with E-state index in [1.807, 2.05) is 0 Å². The largest absolute Gasteiger partial charge is 0.375 e. The van der Waals surface area contributed by atoms with Crippen molar-refractivity contribution in [3.8, 4) is 0 Å². The number of nitrogens with one attached hydrogen (secondary N) is 2. The van der Waals surface area contributed by atoms with Crippen LogP contribution in [0.4, 0.5) is 11.4 Å². The predicted molar refractivity (Wildman–Crippen MR) is 92.2 cm³/mol. The third-order valence-corrected chi connectivity index (χ3v) is 4.90. The van der Waals surface area contributed by atoms with E-state index in [1.165, 1.54) is 0 Å². The first-order valence-corrected chi connectivity index (χ1v) is 8.13. The molecule has 2 unspecified atom stereocenters. The summed E-state index contributed by atoms with van der Waals surface area (Å²) in [6.45, 7) is 0. The van der Waals surface area contributed by atoms with Crippen molar-refractivity contribution in [2.45, 2.75) is 24.0 Å². The number of para-hydroxylation sites is 2. The molecule has 0 bridgehead atoms. The Labute approximate surface area is 148 Å². The van der Waals surface area contributed by atoms with Gasteiger partial charge in [0.1, 0.15) is 5.78 Å². The van der Waals surface area contributed by atoms with E-state index >= 15 is 0 Å². The number of carbonyl (C=O) groups is 3. The van der Waals surface area contributed by atoms with Gasteiger partial charge in [0.05, 0.1) is 0 Å². The molecule has 0 saturated carbocycles. The van der Waals surface area contributed by atoms with E-state index in [0.29, 0.717) is 22.5 Å². The molecule has 132 valence electrons. The summed E-state index contributed by atoms with van der Waals surface area (Å²) < 4.78 is 0. The highest BCUT2D eigenvalue weighted by molar-refractivity contribution is 6.09. The molecule has 0 aromatic heterocycles. The van der Waals surface area contributed by atoms with Crippen LogP contribution >= 0.6 is 0 Å². The maximum absolute atomic E-state index is 12.6. The normalized spacial score (nSPS) is 26.1. The van der Waals surface area contributed by atoms with Crippen molar-refractivity contribution in [2.24, 2.45) is 0 Å². The van der Waals surface area contributed by atoms with Gasteiger partial charge < -0.3 is 20.8 Å². The van der Waals surface area contributed by atoms with Crippen molar-refractivity contribution < 1.29 is 24.6 Å². The molecule has 2 aromatic carbocycles. The fraction of sp³-hybridized carbons (Fsp3) is 0.211. The molecule has 2 aliphatic rings. The molecule has 2 atom stereocenters. The number of anilines is 2. The highest BCUT2D eigenvalue weighted by Gasteiger charge is 2.50. The Kier molecular flexibility index (Phi) is 3.47. The molecular formula is C19H16N2O5. The van der Waals surface area contributed by atoms with Crippen LogP contribution in [0.15, 0.2) is 48.5 Å². The fourth-order valence-corrected chi connectivity index (χ4v) is 3.59. The summed E-state index contributed by atoms with van der Waals surface area (Å²) in [5, 5.41) is 26.6. The second-order valence-electron chi connectivity index (χ2n) is 6.61. The van der Waals surface area contributed by atoms with Gasteiger partial charge in [-0.2, -0.15) is 0 Å². The van der Waals surface area contributed by atoms with Crippen molar-refractivity contribution in [3.05, 3.63) is 59.7 Å². The minimum Gasteiger partial charge on any atom is -0.375 e. The van der Waals surface area contributed by atoms with Crippen molar-refractivity contribution in [2.75, 3.05) is 10.6 Å². The lowest BCUT2D eigenvalue weighted by Crippen LogP contribution is -2.41. The number of benzene rings is 2. The minimum absolute atomic E-state index is 0.307. The molecule has 0 saturated heterocycles. The lowest BCUT2D eigenvalue weighted by molar-refractivity contribution is -0.145. The summed E-state index contributed by atoms with van der Waals surface area (Å²) in [4.78, 5) is 37.0. The number of amides is 2. The maximum Gasteiger partial charge on any atom is 0.261 e. The van der Waals surface area contributed by atoms with Gasteiger partial charge in [0.25, 0.3) is 11.8 Å². The molecule has 7 heteroatoms. The second-order valence-corrected chi connectivity index (χ2v) is 6.61. The number of ketones is 1. The van der Waals surface area contributed by atoms with Gasteiger partial charge in [0.15, 0.2) is 11.2 Å². The zero-order valence-electron chi connectivity index (χ0n) is 13.7. The monoisotopic (exact) mass is 352 g/mol. The van der Waals surface area contributed by atoms with Crippen LogP contribution in [-0.2, 0) is 25.6 Å². The Balaban J connectivity index is 1.60. The highest BCUT2D eigenvalue weighted by Crippen LogP contribution is 2.42. The van der Waals surface area contributed by atoms with Crippen LogP contribution in [-0.4, -0.2) is 27.8 Å². The molecule has 2 heterocycles. The molecule has 2 aliphatic heterocycles. The van der Waals surface area contributed by atoms with Crippen LogP contribution in [0.25, 0.3) is 0 Å². The van der Waals surface area contributed by atoms with Gasteiger partial charge in [0.2, 0.25) is 0 Å². The minimum atomic E-state index is -2.02. The SMILES string of the molecule is O=C(CC1(O)C(=O)Nc2ccccc21)CC1(O)C(=O)Nc2ccccc21. The Morgan fingerprint density at radius 2 is 1.15 bits per heavy atom. The van der Waals surface area contributed by atoms with Crippen LogP contribution in [0.1, 0.15) is 24.0 Å². The fourth-order valence-electron chi connectivity index (χ4n) is 3.59. The average molecular weight is 352 g/mol. The molecule has 0 spiro atoms. The summed E-state index contributed by atoms with van der Waals surface area (Å²) in [6, 6.07) is 13.1. The first-order valence-electron chi connectivity index (χ1n) is 8.13. The Bertz CT molecular complexity index is 881. The van der Waals surface area contributed by atoms with Gasteiger partial charge in [-0.25, -0.2) is 0 Å². The number of rotatable bonds is 4. The Hall–Kier alpha value is -3.03. The van der Waals surface area contributed by atoms with Gasteiger partial charge >= 0.3 is 0 Å². The van der Waals surface area contributed by atoms with Crippen LogP contribution in [0.5, 0.6) is 0 Å². The van der Waals surface area contributed by atoms with Crippen LogP contribution < -0.4 is 10.6 Å². The first kappa shape index (κ1) is 16.4. The van der Waals surface area contributed by atoms with Gasteiger partial charge in [-0.1, -0.05) is 36.4 Å². The summed E-state index contributed by atoms with van der Waals surface area (Å²) >= 11 is 0. The third-order valence-electron chi connectivity index (χ3n) is 4.90. The van der Waals surface area contributed by atoms with Crippen molar-refractivity contribution in [3.63, 3.8) is 0 Å². The summed E-state index contributed by atoms with van der Waals surface area (Å²) in [7, 11) is 0. The summed E-state index contributed by atoms with van der Waals surface area (Å²) in [5.41, 5.74) is -2.54. The van der Waals surface area contributed by atoms with E-state index in [4.69, 9.17) is 0 Å². The molecule has 26 heavy (non-hydrogen) atoms. The molecule has 7 nitrogen and oxygen atoms in total. The van der Waals surface area contributed by atoms with E-state index in [-0.39, 0.29) is 0 Å². The van der Waals surface area contributed by atoms with Crippen molar-refractivity contribution in [1.29, 1.82) is 0 Å². The summed E-state index contributed by atoms with van der Waals surface area (Å²) in [5.74, 6) is -2.00. The lowest BCUT2D eigenvalue weighted by atomic mass is 9.84. The number of Topliss-reactive ketones (excluding diaryl/α,β-unsaturated/α-hetero) is 1. The molecule has 0 aliphatic carbocycles. The number of carbonyl (C=O) groups excluding carboxylic acids is 3. The smallest absolute Gasteiger partial charge is 0.261 e. The maximum atomic E-state index is 12.6. The zero-order chi connectivity index (χ0) is 18.5. The number of hydrogen-bond acceptors (Lipinski definition) is 5. The van der Waals surface area contributed by atoms with Crippen LogP contribution in [0.3, 0.4) is 0 Å². The molecule has 2 amide bonds. The van der Waals surface area contributed by atoms with Crippen molar-refractivity contribution >= 4 is 29.0 Å². The average Bonchev–Trinajstić information content (AvgIpc) is 3.00. The number of hydrogen-bond donors (Lipinski definition) is 4. The quantitative estimate of drug-likeness (QED) is 0.656. The molecule has 2 aromatic rings. The van der Waals surface area contributed by atoms with Gasteiger partial charge in [0, 0.05) is 35.3 Å². The van der Waals surface area contributed by atoms with E-state index in [2.05, 4.69) is 10.6 Å². The second kappa shape index (κ2) is 5.48. The topological polar surface area (TPSA) is 116 Å². The predicted octanol–water partition coefficient (Wildman–Crippen LogP) is 1.02. The van der Waals surface area contributed by atoms with Gasteiger partial charge in [-0.15, -0.1) is 0 Å². The molecule has 0 fully saturated rings. The third kappa shape index (κ3) is 2.25. The summed E-state index contributed by atoms with van der Waals surface area (Å²) in [6.07, 6.45) is -1.07. The van der Waals surface area contributed by atoms with E-state index in [9.17, 15) is 24.6 Å². The number of fused-ring (bicyclic) bond motifs is 2. The zero-order valence-corrected chi connectivity index (χ0v) is 13.7. The van der Waals surface area contributed by atoms with E-state index < -0.39 is 41.6 Å². The molecule has 4 rings (SSSR count). The molecule has 4 N–H and O–H groups in total. The van der Waals surface area contributed by atoms with Gasteiger partial charge in [-0.3, -0.25) is 14.4 Å². The molecule has 0 radical (unpaired) electrons. The lowest BCUT2D eigenvalue weighted by Gasteiger charge is -2.24. The van der Waals surface area contributed by atoms with Crippen LogP contribution in [0, 0.1) is 0 Å². The standard InChI is InChI=1S/C19H16N2O5/c22-11(9-18(25)12-5-1-3-7-14(12)20-16(18)23)10-19(26)13-6-2-4-8-15(13)21-17(19)24/h1-8,25-26H,9-10H2,(H,20,23)(H,21,24). The van der Waals surface area contributed by atoms with E-state index in [1.54, 1.807) is 48.5 Å². The highest BCUT2D eigenvalue weighted by atomic mass is 16.3. The molecular weight excluding hydrogens is 336 g/mol. The van der Waals surface area contributed by atoms with Crippen LogP contribution in [0.2, 0.25) is 0 Å². The Morgan fingerprint density at radius 3 is 1.58 bits per heavy atom. The first-order chi connectivity index (χ1) is 12.3. The number of aliphatic hydroxyl groups is 2. The Morgan fingerprint density at radius 1 is 0.769 bits per heavy atom. The van der Waals surface area contributed by atoms with E-state index in [0.717, 1.165) is 0 Å².